The van der Waals surface area contributed by atoms with Gasteiger partial charge in [-0.2, -0.15) is 18.3 Å². The summed E-state index contributed by atoms with van der Waals surface area (Å²) in [6.07, 6.45) is -4.34. The van der Waals surface area contributed by atoms with Crippen LogP contribution in [-0.2, 0) is 12.7 Å². The second kappa shape index (κ2) is 7.95. The molecule has 27 heavy (non-hydrogen) atoms. The zero-order chi connectivity index (χ0) is 20.4. The quantitative estimate of drug-likeness (QED) is 0.449. The molecule has 0 spiro atoms. The van der Waals surface area contributed by atoms with E-state index in [-0.39, 0.29) is 30.0 Å². The number of alkyl halides is 3. The third kappa shape index (κ3) is 4.76. The number of hydrogen-bond donors (Lipinski definition) is 1. The van der Waals surface area contributed by atoms with E-state index in [1.807, 2.05) is 0 Å². The summed E-state index contributed by atoms with van der Waals surface area (Å²) in [4.78, 5) is 22.4. The first kappa shape index (κ1) is 20.7. The molecule has 0 aliphatic carbocycles. The molecule has 1 aromatic heterocycles. The Morgan fingerprint density at radius 2 is 2.04 bits per heavy atom. The predicted octanol–water partition coefficient (Wildman–Crippen LogP) is 3.90. The highest BCUT2D eigenvalue weighted by Crippen LogP contribution is 2.35. The van der Waals surface area contributed by atoms with E-state index in [2.05, 4.69) is 10.4 Å². The van der Waals surface area contributed by atoms with Gasteiger partial charge in [-0.15, -0.1) is 0 Å². The second-order valence-electron chi connectivity index (χ2n) is 5.84. The Balaban J connectivity index is 1.95. The lowest BCUT2D eigenvalue weighted by Gasteiger charge is -2.07. The van der Waals surface area contributed by atoms with Gasteiger partial charge in [0.15, 0.2) is 5.69 Å². The number of aryl methyl sites for hydroxylation is 2. The Labute approximate surface area is 157 Å². The number of nitrogens with zero attached hydrogens (tertiary/aromatic N) is 3. The second-order valence-corrected chi connectivity index (χ2v) is 6.21. The van der Waals surface area contributed by atoms with E-state index in [0.29, 0.717) is 12.0 Å². The zero-order valence-corrected chi connectivity index (χ0v) is 15.2. The van der Waals surface area contributed by atoms with Gasteiger partial charge >= 0.3 is 6.18 Å². The maximum Gasteiger partial charge on any atom is 0.436 e. The minimum absolute atomic E-state index is 0.121. The average Bonchev–Trinajstić information content (AvgIpc) is 2.87. The monoisotopic (exact) mass is 404 g/mol. The van der Waals surface area contributed by atoms with Crippen molar-refractivity contribution in [3.8, 4) is 0 Å². The predicted molar refractivity (Wildman–Crippen MR) is 91.8 cm³/mol. The van der Waals surface area contributed by atoms with Crippen LogP contribution in [0.2, 0.25) is 5.02 Å². The Kier molecular flexibility index (Phi) is 6.09. The summed E-state index contributed by atoms with van der Waals surface area (Å²) in [5.41, 5.74) is -0.556. The molecule has 0 unspecified atom stereocenters. The van der Waals surface area contributed by atoms with Crippen LogP contribution in [-0.4, -0.2) is 27.2 Å². The molecule has 2 aromatic rings. The van der Waals surface area contributed by atoms with Crippen molar-refractivity contribution >= 4 is 23.2 Å². The molecule has 0 saturated carbocycles. The highest BCUT2D eigenvalue weighted by molar-refractivity contribution is 6.31. The summed E-state index contributed by atoms with van der Waals surface area (Å²) in [6, 6.07) is 4.11. The molecule has 1 aromatic carbocycles. The van der Waals surface area contributed by atoms with Crippen LogP contribution in [0.5, 0.6) is 0 Å². The van der Waals surface area contributed by atoms with E-state index in [0.717, 1.165) is 4.68 Å². The van der Waals surface area contributed by atoms with Gasteiger partial charge in [0.25, 0.3) is 11.6 Å². The van der Waals surface area contributed by atoms with Crippen molar-refractivity contribution in [2.45, 2.75) is 33.0 Å². The molecule has 2 rings (SSSR count). The number of hydrogen-bond acceptors (Lipinski definition) is 4. The maximum absolute atomic E-state index is 12.8. The molecule has 0 fully saturated rings. The standard InChI is InChI=1S/C16H16ClF3N4O3/c1-9-4-5-11(8-12(9)24(26)27)15(25)21-6-3-7-23-10(2)13(17)14(22-23)16(18,19)20/h4-5,8H,3,6-7H2,1-2H3,(H,21,25). The van der Waals surface area contributed by atoms with Gasteiger partial charge in [-0.3, -0.25) is 19.6 Å². The number of benzene rings is 1. The van der Waals surface area contributed by atoms with E-state index in [1.54, 1.807) is 6.92 Å². The normalized spacial score (nSPS) is 11.5. The molecule has 0 aliphatic heterocycles. The lowest BCUT2D eigenvalue weighted by Crippen LogP contribution is -2.25. The molecule has 0 atom stereocenters. The van der Waals surface area contributed by atoms with Crippen molar-refractivity contribution in [2.24, 2.45) is 0 Å². The number of nitrogens with one attached hydrogen (secondary N) is 1. The van der Waals surface area contributed by atoms with E-state index in [4.69, 9.17) is 11.6 Å². The number of halogens is 4. The van der Waals surface area contributed by atoms with Crippen molar-refractivity contribution in [2.75, 3.05) is 6.54 Å². The third-order valence-corrected chi connectivity index (χ3v) is 4.35. The van der Waals surface area contributed by atoms with Crippen molar-refractivity contribution in [1.82, 2.24) is 15.1 Å². The van der Waals surface area contributed by atoms with Crippen molar-refractivity contribution < 1.29 is 22.9 Å². The molecule has 0 radical (unpaired) electrons. The molecule has 0 aliphatic rings. The first-order valence-electron chi connectivity index (χ1n) is 7.85. The Morgan fingerprint density at radius 3 is 2.59 bits per heavy atom. The van der Waals surface area contributed by atoms with Gasteiger partial charge in [-0.1, -0.05) is 17.7 Å². The van der Waals surface area contributed by atoms with Gasteiger partial charge in [-0.25, -0.2) is 0 Å². The van der Waals surface area contributed by atoms with E-state index >= 15 is 0 Å². The van der Waals surface area contributed by atoms with Gasteiger partial charge in [0.2, 0.25) is 0 Å². The number of aromatic nitrogens is 2. The van der Waals surface area contributed by atoms with E-state index in [9.17, 15) is 28.1 Å². The fraction of sp³-hybridized carbons (Fsp3) is 0.375. The zero-order valence-electron chi connectivity index (χ0n) is 14.4. The van der Waals surface area contributed by atoms with Gasteiger partial charge in [-0.05, 0) is 26.3 Å². The molecule has 0 saturated heterocycles. The van der Waals surface area contributed by atoms with Crippen LogP contribution in [0.4, 0.5) is 18.9 Å². The van der Waals surface area contributed by atoms with Gasteiger partial charge in [0.1, 0.15) is 0 Å². The highest BCUT2D eigenvalue weighted by Gasteiger charge is 2.38. The van der Waals surface area contributed by atoms with Crippen molar-refractivity contribution in [1.29, 1.82) is 0 Å². The molecule has 1 amide bonds. The number of nitro groups is 1. The van der Waals surface area contributed by atoms with Crippen LogP contribution in [0.1, 0.15) is 33.7 Å². The SMILES string of the molecule is Cc1ccc(C(=O)NCCCn2nc(C(F)(F)F)c(Cl)c2C)cc1[N+](=O)[O-]. The maximum atomic E-state index is 12.8. The smallest absolute Gasteiger partial charge is 0.352 e. The largest absolute Gasteiger partial charge is 0.436 e. The molecule has 1 N–H and O–H groups in total. The van der Waals surface area contributed by atoms with E-state index < -0.39 is 27.7 Å². The fourth-order valence-electron chi connectivity index (χ4n) is 2.40. The Morgan fingerprint density at radius 1 is 1.37 bits per heavy atom. The summed E-state index contributed by atoms with van der Waals surface area (Å²) in [5, 5.41) is 16.5. The van der Waals surface area contributed by atoms with E-state index in [1.165, 1.54) is 25.1 Å². The highest BCUT2D eigenvalue weighted by atomic mass is 35.5. The van der Waals surface area contributed by atoms with Crippen LogP contribution in [0.3, 0.4) is 0 Å². The minimum Gasteiger partial charge on any atom is -0.352 e. The summed E-state index contributed by atoms with van der Waals surface area (Å²) < 4.78 is 39.5. The Hall–Kier alpha value is -2.62. The summed E-state index contributed by atoms with van der Waals surface area (Å²) in [6.45, 7) is 3.26. The number of rotatable bonds is 6. The lowest BCUT2D eigenvalue weighted by atomic mass is 10.1. The van der Waals surface area contributed by atoms with Gasteiger partial charge < -0.3 is 5.32 Å². The summed E-state index contributed by atoms with van der Waals surface area (Å²) in [5.74, 6) is -0.510. The van der Waals surface area contributed by atoms with Crippen LogP contribution in [0, 0.1) is 24.0 Å². The molecule has 11 heteroatoms. The van der Waals surface area contributed by atoms with Crippen LogP contribution in [0.15, 0.2) is 18.2 Å². The topological polar surface area (TPSA) is 90.1 Å². The van der Waals surface area contributed by atoms with Crippen LogP contribution >= 0.6 is 11.6 Å². The molecule has 1 heterocycles. The molecule has 0 bridgehead atoms. The number of nitro benzene ring substituents is 1. The van der Waals surface area contributed by atoms with Crippen LogP contribution < -0.4 is 5.32 Å². The third-order valence-electron chi connectivity index (χ3n) is 3.90. The molecule has 146 valence electrons. The van der Waals surface area contributed by atoms with Gasteiger partial charge in [0.05, 0.1) is 15.6 Å². The molecular formula is C16H16ClF3N4O3. The van der Waals surface area contributed by atoms with Crippen LogP contribution in [0.25, 0.3) is 0 Å². The number of carbonyl (C=O) groups is 1. The van der Waals surface area contributed by atoms with Gasteiger partial charge in [0, 0.05) is 30.3 Å². The summed E-state index contributed by atoms with van der Waals surface area (Å²) >= 11 is 5.67. The fourth-order valence-corrected chi connectivity index (χ4v) is 2.65. The lowest BCUT2D eigenvalue weighted by molar-refractivity contribution is -0.385. The average molecular weight is 405 g/mol. The van der Waals surface area contributed by atoms with Crippen molar-refractivity contribution in [3.05, 3.63) is 55.9 Å². The minimum atomic E-state index is -4.64. The summed E-state index contributed by atoms with van der Waals surface area (Å²) in [7, 11) is 0. The number of amides is 1. The first-order chi connectivity index (χ1) is 12.5. The first-order valence-corrected chi connectivity index (χ1v) is 8.23. The number of carbonyl (C=O) groups excluding carboxylic acids is 1. The molecule has 7 nitrogen and oxygen atoms in total. The Bertz CT molecular complexity index is 881. The van der Waals surface area contributed by atoms with Crippen molar-refractivity contribution in [3.63, 3.8) is 0 Å². The molecular weight excluding hydrogens is 389 g/mol.